The molecule has 3 aromatic rings. The van der Waals surface area contributed by atoms with Crippen molar-refractivity contribution in [3.05, 3.63) is 34.7 Å². The van der Waals surface area contributed by atoms with E-state index in [1.54, 1.807) is 0 Å². The molecule has 1 N–H and O–H groups in total. The first-order chi connectivity index (χ1) is 15.8. The molecule has 3 aromatic heterocycles. The number of hydrogen-bond acceptors (Lipinski definition) is 5. The maximum atomic E-state index is 13.8. The minimum atomic E-state index is -0.198. The number of aromatic amines is 1. The van der Waals surface area contributed by atoms with E-state index in [1.807, 2.05) is 16.5 Å². The van der Waals surface area contributed by atoms with Crippen LogP contribution in [0.3, 0.4) is 0 Å². The molecule has 4 heterocycles. The van der Waals surface area contributed by atoms with Gasteiger partial charge in [-0.3, -0.25) is 9.89 Å². The fourth-order valence-electron chi connectivity index (χ4n) is 5.05. The Kier molecular flexibility index (Phi) is 4.65. The van der Waals surface area contributed by atoms with Crippen molar-refractivity contribution in [2.75, 3.05) is 13.1 Å². The van der Waals surface area contributed by atoms with Crippen LogP contribution in [0.5, 0.6) is 0 Å². The summed E-state index contributed by atoms with van der Waals surface area (Å²) in [5.41, 5.74) is 3.33. The number of rotatable bonds is 4. The number of carbonyl (C=O) groups excluding carboxylic acids is 1. The van der Waals surface area contributed by atoms with Crippen LogP contribution in [0.4, 0.5) is 0 Å². The van der Waals surface area contributed by atoms with Crippen LogP contribution in [-0.4, -0.2) is 53.8 Å². The third-order valence-electron chi connectivity index (χ3n) is 7.33. The minimum absolute atomic E-state index is 0.107. The predicted octanol–water partition coefficient (Wildman–Crippen LogP) is 4.39. The Bertz CT molecular complexity index is 1220. The summed E-state index contributed by atoms with van der Waals surface area (Å²) in [4.78, 5) is 25.5. The van der Waals surface area contributed by atoms with Crippen LogP contribution in [0.15, 0.2) is 6.07 Å². The van der Waals surface area contributed by atoms with E-state index in [4.69, 9.17) is 15.1 Å². The van der Waals surface area contributed by atoms with Gasteiger partial charge < -0.3 is 4.90 Å². The molecule has 2 saturated carbocycles. The quantitative estimate of drug-likeness (QED) is 0.640. The van der Waals surface area contributed by atoms with Crippen LogP contribution in [0.25, 0.3) is 11.0 Å². The molecule has 174 valence electrons. The predicted molar refractivity (Wildman–Crippen MR) is 125 cm³/mol. The van der Waals surface area contributed by atoms with Crippen molar-refractivity contribution in [1.82, 2.24) is 34.8 Å². The summed E-state index contributed by atoms with van der Waals surface area (Å²) in [6.07, 6.45) is 6.54. The summed E-state index contributed by atoms with van der Waals surface area (Å²) in [5, 5.41) is 13.3. The zero-order valence-corrected chi connectivity index (χ0v) is 20.1. The SMILES string of the molecule is Cc1nn(C(C)(C)C)c2nc(C3CC3)cc(C(=O)N3CCC(c4nc(C5CC5)n[nH]4)CC3)c12. The average molecular weight is 448 g/mol. The maximum absolute atomic E-state index is 13.8. The van der Waals surface area contributed by atoms with E-state index in [9.17, 15) is 4.79 Å². The lowest BCUT2D eigenvalue weighted by Gasteiger charge is -2.31. The van der Waals surface area contributed by atoms with Crippen LogP contribution in [0, 0.1) is 6.92 Å². The second kappa shape index (κ2) is 7.37. The molecular formula is C25H33N7O. The lowest BCUT2D eigenvalue weighted by molar-refractivity contribution is 0.0713. The monoisotopic (exact) mass is 447 g/mol. The normalized spacial score (nSPS) is 20.1. The molecule has 0 radical (unpaired) electrons. The van der Waals surface area contributed by atoms with Gasteiger partial charge in [-0.1, -0.05) is 0 Å². The Hall–Kier alpha value is -2.77. The number of piperidine rings is 1. The molecule has 6 rings (SSSR count). The third-order valence-corrected chi connectivity index (χ3v) is 7.33. The Morgan fingerprint density at radius 2 is 1.70 bits per heavy atom. The summed E-state index contributed by atoms with van der Waals surface area (Å²) in [5.74, 6) is 3.45. The van der Waals surface area contributed by atoms with E-state index >= 15 is 0 Å². The number of amides is 1. The molecule has 33 heavy (non-hydrogen) atoms. The van der Waals surface area contributed by atoms with Gasteiger partial charge in [-0.05, 0) is 72.3 Å². The largest absolute Gasteiger partial charge is 0.339 e. The summed E-state index contributed by atoms with van der Waals surface area (Å²) < 4.78 is 1.99. The fourth-order valence-corrected chi connectivity index (χ4v) is 5.05. The molecule has 8 nitrogen and oxygen atoms in total. The van der Waals surface area contributed by atoms with Gasteiger partial charge in [0, 0.05) is 36.5 Å². The third kappa shape index (κ3) is 3.73. The van der Waals surface area contributed by atoms with Gasteiger partial charge in [-0.2, -0.15) is 10.2 Å². The molecule has 8 heteroatoms. The molecule has 1 saturated heterocycles. The van der Waals surface area contributed by atoms with Crippen molar-refractivity contribution in [3.8, 4) is 0 Å². The van der Waals surface area contributed by atoms with Crippen molar-refractivity contribution in [3.63, 3.8) is 0 Å². The highest BCUT2D eigenvalue weighted by atomic mass is 16.2. The number of aryl methyl sites for hydroxylation is 1. The van der Waals surface area contributed by atoms with Gasteiger partial charge >= 0.3 is 0 Å². The smallest absolute Gasteiger partial charge is 0.254 e. The van der Waals surface area contributed by atoms with Crippen molar-refractivity contribution in [1.29, 1.82) is 0 Å². The van der Waals surface area contributed by atoms with Crippen LogP contribution in [-0.2, 0) is 5.54 Å². The molecule has 0 atom stereocenters. The molecule has 0 bridgehead atoms. The highest BCUT2D eigenvalue weighted by Crippen LogP contribution is 2.41. The standard InChI is InChI=1S/C25H33N7O/c1-14-20-18(13-19(15-5-6-15)26-23(20)32(30-14)25(2,3)4)24(33)31-11-9-17(10-12-31)22-27-21(28-29-22)16-7-8-16/h13,15-17H,5-12H2,1-4H3,(H,27,28,29). The number of aromatic nitrogens is 6. The lowest BCUT2D eigenvalue weighted by Crippen LogP contribution is -2.38. The number of likely N-dealkylation sites (tertiary alicyclic amines) is 1. The topological polar surface area (TPSA) is 92.6 Å². The van der Waals surface area contributed by atoms with Crippen molar-refractivity contribution in [2.45, 2.75) is 89.5 Å². The summed E-state index contributed by atoms with van der Waals surface area (Å²) >= 11 is 0. The minimum Gasteiger partial charge on any atom is -0.339 e. The second-order valence-electron chi connectivity index (χ2n) is 11.2. The number of H-pyrrole nitrogens is 1. The van der Waals surface area contributed by atoms with Gasteiger partial charge in [-0.15, -0.1) is 0 Å². The number of carbonyl (C=O) groups is 1. The lowest BCUT2D eigenvalue weighted by atomic mass is 9.95. The Labute approximate surface area is 194 Å². The van der Waals surface area contributed by atoms with Crippen molar-refractivity contribution >= 4 is 16.9 Å². The Morgan fingerprint density at radius 1 is 1.00 bits per heavy atom. The zero-order valence-electron chi connectivity index (χ0n) is 20.1. The number of nitrogens with one attached hydrogen (secondary N) is 1. The van der Waals surface area contributed by atoms with Gasteiger partial charge in [-0.25, -0.2) is 14.6 Å². The van der Waals surface area contributed by atoms with E-state index < -0.39 is 0 Å². The highest BCUT2D eigenvalue weighted by molar-refractivity contribution is 6.06. The first-order valence-corrected chi connectivity index (χ1v) is 12.4. The van der Waals surface area contributed by atoms with Gasteiger partial charge in [0.1, 0.15) is 5.82 Å². The van der Waals surface area contributed by atoms with E-state index in [-0.39, 0.29) is 11.4 Å². The number of pyridine rings is 1. The molecule has 3 aliphatic rings. The number of nitrogens with zero attached hydrogens (tertiary/aromatic N) is 6. The Morgan fingerprint density at radius 3 is 2.33 bits per heavy atom. The van der Waals surface area contributed by atoms with Crippen LogP contribution in [0.1, 0.15) is 110 Å². The van der Waals surface area contributed by atoms with Crippen molar-refractivity contribution in [2.24, 2.45) is 0 Å². The Balaban J connectivity index is 1.28. The molecule has 3 fully saturated rings. The van der Waals surface area contributed by atoms with Gasteiger partial charge in [0.25, 0.3) is 5.91 Å². The first-order valence-electron chi connectivity index (χ1n) is 12.4. The van der Waals surface area contributed by atoms with Crippen molar-refractivity contribution < 1.29 is 4.79 Å². The van der Waals surface area contributed by atoms with E-state index in [1.165, 1.54) is 12.8 Å². The molecule has 1 aliphatic heterocycles. The maximum Gasteiger partial charge on any atom is 0.254 e. The molecule has 0 unspecified atom stereocenters. The molecule has 0 aromatic carbocycles. The van der Waals surface area contributed by atoms with Gasteiger partial charge in [0.15, 0.2) is 11.5 Å². The van der Waals surface area contributed by atoms with E-state index in [0.29, 0.717) is 17.8 Å². The van der Waals surface area contributed by atoms with Crippen LogP contribution in [0.2, 0.25) is 0 Å². The van der Waals surface area contributed by atoms with Gasteiger partial charge in [0.05, 0.1) is 22.2 Å². The molecule has 2 aliphatic carbocycles. The first kappa shape index (κ1) is 20.8. The second-order valence-corrected chi connectivity index (χ2v) is 11.2. The summed E-state index contributed by atoms with van der Waals surface area (Å²) in [6.45, 7) is 9.86. The number of hydrogen-bond donors (Lipinski definition) is 1. The van der Waals surface area contributed by atoms with E-state index in [0.717, 1.165) is 78.4 Å². The van der Waals surface area contributed by atoms with Crippen LogP contribution < -0.4 is 0 Å². The fraction of sp³-hybridized carbons (Fsp3) is 0.640. The summed E-state index contributed by atoms with van der Waals surface area (Å²) in [7, 11) is 0. The van der Waals surface area contributed by atoms with E-state index in [2.05, 4.69) is 37.0 Å². The number of fused-ring (bicyclic) bond motifs is 1. The van der Waals surface area contributed by atoms with Crippen LogP contribution >= 0.6 is 0 Å². The zero-order chi connectivity index (χ0) is 22.9. The average Bonchev–Trinajstić information content (AvgIpc) is 3.73. The highest BCUT2D eigenvalue weighted by Gasteiger charge is 2.34. The molecule has 0 spiro atoms. The van der Waals surface area contributed by atoms with Gasteiger partial charge in [0.2, 0.25) is 0 Å². The molecular weight excluding hydrogens is 414 g/mol. The summed E-state index contributed by atoms with van der Waals surface area (Å²) in [6, 6.07) is 2.05. The molecule has 1 amide bonds.